The van der Waals surface area contributed by atoms with Crippen LogP contribution in [-0.2, 0) is 4.79 Å². The molecule has 0 bridgehead atoms. The van der Waals surface area contributed by atoms with Gasteiger partial charge in [-0.2, -0.15) is 0 Å². The molecule has 0 aromatic heterocycles. The summed E-state index contributed by atoms with van der Waals surface area (Å²) in [6, 6.07) is 8.47. The normalized spacial score (nSPS) is 22.6. The van der Waals surface area contributed by atoms with E-state index in [1.54, 1.807) is 0 Å². The summed E-state index contributed by atoms with van der Waals surface area (Å²) in [5, 5.41) is 8.99. The summed E-state index contributed by atoms with van der Waals surface area (Å²) in [4.78, 5) is 13.2. The van der Waals surface area contributed by atoms with Gasteiger partial charge in [-0.15, -0.1) is 0 Å². The zero-order valence-electron chi connectivity index (χ0n) is 9.77. The van der Waals surface area contributed by atoms with Crippen LogP contribution in [0, 0.1) is 5.92 Å². The van der Waals surface area contributed by atoms with E-state index in [1.807, 2.05) is 12.1 Å². The average Bonchev–Trinajstić information content (AvgIpc) is 2.77. The Hall–Kier alpha value is -0.870. The predicted molar refractivity (Wildman–Crippen MR) is 69.9 cm³/mol. The highest BCUT2D eigenvalue weighted by molar-refractivity contribution is 9.10. The van der Waals surface area contributed by atoms with Crippen LogP contribution >= 0.6 is 15.9 Å². The van der Waals surface area contributed by atoms with E-state index in [0.29, 0.717) is 6.54 Å². The summed E-state index contributed by atoms with van der Waals surface area (Å²) in [5.41, 5.74) is 1.23. The van der Waals surface area contributed by atoms with Gasteiger partial charge in [-0.3, -0.25) is 9.69 Å². The van der Waals surface area contributed by atoms with Crippen molar-refractivity contribution in [3.05, 3.63) is 34.3 Å². The van der Waals surface area contributed by atoms with E-state index < -0.39 is 5.97 Å². The zero-order valence-corrected chi connectivity index (χ0v) is 11.4. The van der Waals surface area contributed by atoms with Crippen LogP contribution in [0.2, 0.25) is 0 Å². The van der Waals surface area contributed by atoms with Gasteiger partial charge in [0.1, 0.15) is 0 Å². The first-order chi connectivity index (χ1) is 8.08. The first-order valence-electron chi connectivity index (χ1n) is 5.80. The largest absolute Gasteiger partial charge is 0.481 e. The maximum Gasteiger partial charge on any atom is 0.307 e. The lowest BCUT2D eigenvalue weighted by Gasteiger charge is -2.24. The van der Waals surface area contributed by atoms with Gasteiger partial charge in [0, 0.05) is 17.1 Å². The number of halogens is 1. The third kappa shape index (κ3) is 2.87. The van der Waals surface area contributed by atoms with Crippen molar-refractivity contribution >= 4 is 21.9 Å². The Bertz CT molecular complexity index is 422. The first kappa shape index (κ1) is 12.6. The molecule has 92 valence electrons. The third-order valence-corrected chi connectivity index (χ3v) is 3.94. The maximum atomic E-state index is 10.9. The lowest BCUT2D eigenvalue weighted by molar-refractivity contribution is -0.141. The Balaban J connectivity index is 2.06. The lowest BCUT2D eigenvalue weighted by atomic mass is 10.1. The summed E-state index contributed by atoms with van der Waals surface area (Å²) in [5.74, 6) is -0.876. The Labute approximate surface area is 110 Å². The first-order valence-corrected chi connectivity index (χ1v) is 6.59. The molecule has 0 saturated carbocycles. The maximum absolute atomic E-state index is 10.9. The lowest BCUT2D eigenvalue weighted by Crippen LogP contribution is -2.26. The van der Waals surface area contributed by atoms with E-state index in [9.17, 15) is 4.79 Å². The SMILES string of the molecule is C[C@@H](c1cccc(Br)c1)N1CC[C@@H](C(=O)O)C1. The van der Waals surface area contributed by atoms with Crippen molar-refractivity contribution in [2.45, 2.75) is 19.4 Å². The van der Waals surface area contributed by atoms with Crippen LogP contribution in [0.3, 0.4) is 0 Å². The molecule has 2 atom stereocenters. The molecule has 0 unspecified atom stereocenters. The topological polar surface area (TPSA) is 40.5 Å². The Morgan fingerprint density at radius 3 is 2.94 bits per heavy atom. The molecular formula is C13H16BrNO2. The number of carbonyl (C=O) groups is 1. The Kier molecular flexibility index (Phi) is 3.84. The van der Waals surface area contributed by atoms with Gasteiger partial charge < -0.3 is 5.11 Å². The molecule has 1 aliphatic heterocycles. The van der Waals surface area contributed by atoms with Gasteiger partial charge in [0.05, 0.1) is 5.92 Å². The molecule has 4 heteroatoms. The van der Waals surface area contributed by atoms with E-state index in [1.165, 1.54) is 5.56 Å². The molecule has 1 fully saturated rings. The van der Waals surface area contributed by atoms with E-state index in [0.717, 1.165) is 17.4 Å². The Morgan fingerprint density at radius 1 is 1.59 bits per heavy atom. The number of likely N-dealkylation sites (tertiary alicyclic amines) is 1. The van der Waals surface area contributed by atoms with Crippen molar-refractivity contribution in [2.24, 2.45) is 5.92 Å². The minimum Gasteiger partial charge on any atom is -0.481 e. The summed E-state index contributed by atoms with van der Waals surface area (Å²) in [6.07, 6.45) is 0.758. The number of rotatable bonds is 3. The number of benzene rings is 1. The number of nitrogens with zero attached hydrogens (tertiary/aromatic N) is 1. The molecule has 0 radical (unpaired) electrons. The molecule has 1 aromatic carbocycles. The summed E-state index contributed by atoms with van der Waals surface area (Å²) in [6.45, 7) is 3.65. The predicted octanol–water partition coefficient (Wildman–Crippen LogP) is 2.92. The molecule has 1 saturated heterocycles. The van der Waals surface area contributed by atoms with Crippen LogP contribution in [0.1, 0.15) is 24.9 Å². The standard InChI is InChI=1S/C13H16BrNO2/c1-9(10-3-2-4-12(14)7-10)15-6-5-11(8-15)13(16)17/h2-4,7,9,11H,5-6,8H2,1H3,(H,16,17)/t9-,11+/m0/s1. The van der Waals surface area contributed by atoms with Gasteiger partial charge >= 0.3 is 5.97 Å². The highest BCUT2D eigenvalue weighted by Gasteiger charge is 2.30. The van der Waals surface area contributed by atoms with Crippen LogP contribution in [-0.4, -0.2) is 29.1 Å². The van der Waals surface area contributed by atoms with Crippen molar-refractivity contribution in [1.82, 2.24) is 4.90 Å². The smallest absolute Gasteiger partial charge is 0.307 e. The van der Waals surface area contributed by atoms with Gasteiger partial charge in [-0.05, 0) is 37.6 Å². The fourth-order valence-electron chi connectivity index (χ4n) is 2.32. The molecule has 2 rings (SSSR count). The fourth-order valence-corrected chi connectivity index (χ4v) is 2.73. The monoisotopic (exact) mass is 297 g/mol. The number of carboxylic acid groups (broad SMARTS) is 1. The molecule has 0 amide bonds. The van der Waals surface area contributed by atoms with E-state index in [-0.39, 0.29) is 12.0 Å². The average molecular weight is 298 g/mol. The molecule has 1 aliphatic rings. The van der Waals surface area contributed by atoms with Crippen molar-refractivity contribution in [3.63, 3.8) is 0 Å². The van der Waals surface area contributed by atoms with Crippen LogP contribution in [0.25, 0.3) is 0 Å². The van der Waals surface area contributed by atoms with Crippen molar-refractivity contribution in [2.75, 3.05) is 13.1 Å². The van der Waals surface area contributed by atoms with Gasteiger partial charge in [0.15, 0.2) is 0 Å². The number of carboxylic acids is 1. The molecule has 3 nitrogen and oxygen atoms in total. The second-order valence-electron chi connectivity index (χ2n) is 4.55. The molecule has 1 aromatic rings. The molecule has 17 heavy (non-hydrogen) atoms. The molecule has 0 spiro atoms. The summed E-state index contributed by atoms with van der Waals surface area (Å²) < 4.78 is 1.07. The minimum absolute atomic E-state index is 0.204. The highest BCUT2D eigenvalue weighted by atomic mass is 79.9. The van der Waals surface area contributed by atoms with Crippen LogP contribution in [0.4, 0.5) is 0 Å². The molecule has 1 N–H and O–H groups in total. The van der Waals surface area contributed by atoms with E-state index >= 15 is 0 Å². The number of hydrogen-bond donors (Lipinski definition) is 1. The fraction of sp³-hybridized carbons (Fsp3) is 0.462. The number of hydrogen-bond acceptors (Lipinski definition) is 2. The third-order valence-electron chi connectivity index (χ3n) is 3.45. The summed E-state index contributed by atoms with van der Waals surface area (Å²) >= 11 is 3.46. The molecule has 0 aliphatic carbocycles. The van der Waals surface area contributed by atoms with Gasteiger partial charge in [0.2, 0.25) is 0 Å². The zero-order chi connectivity index (χ0) is 12.4. The van der Waals surface area contributed by atoms with Gasteiger partial charge in [-0.25, -0.2) is 0 Å². The van der Waals surface area contributed by atoms with Crippen LogP contribution in [0.15, 0.2) is 28.7 Å². The van der Waals surface area contributed by atoms with E-state index in [2.05, 4.69) is 39.9 Å². The molecule has 1 heterocycles. The Morgan fingerprint density at radius 2 is 2.35 bits per heavy atom. The second-order valence-corrected chi connectivity index (χ2v) is 5.47. The summed E-state index contributed by atoms with van der Waals surface area (Å²) in [7, 11) is 0. The van der Waals surface area contributed by atoms with Crippen molar-refractivity contribution in [3.8, 4) is 0 Å². The van der Waals surface area contributed by atoms with Gasteiger partial charge in [-0.1, -0.05) is 28.1 Å². The van der Waals surface area contributed by atoms with Crippen molar-refractivity contribution in [1.29, 1.82) is 0 Å². The second kappa shape index (κ2) is 5.19. The quantitative estimate of drug-likeness (QED) is 0.932. The highest BCUT2D eigenvalue weighted by Crippen LogP contribution is 2.28. The minimum atomic E-state index is -0.672. The van der Waals surface area contributed by atoms with Crippen LogP contribution in [0.5, 0.6) is 0 Å². The van der Waals surface area contributed by atoms with E-state index in [4.69, 9.17) is 5.11 Å². The van der Waals surface area contributed by atoms with Gasteiger partial charge in [0.25, 0.3) is 0 Å². The van der Waals surface area contributed by atoms with Crippen molar-refractivity contribution < 1.29 is 9.90 Å². The van der Waals surface area contributed by atoms with Crippen LogP contribution < -0.4 is 0 Å². The number of aliphatic carboxylic acids is 1. The molecular weight excluding hydrogens is 282 g/mol.